The monoisotopic (exact) mass is 428 g/mol. The molecule has 0 aromatic heterocycles. The first-order valence-corrected chi connectivity index (χ1v) is 9.75. The number of carboxylic acid groups (broad SMARTS) is 1. The number of nitrogens with zero attached hydrogens (tertiary/aromatic N) is 2. The molecule has 3 rings (SSSR count). The SMILES string of the molecule is O=C(O)c1ccc(NC(=S)NC(=O)c2cc([N+](=O)[O-])ccc2N2CCCCC2)cc1. The van der Waals surface area contributed by atoms with Crippen LogP contribution in [0.3, 0.4) is 0 Å². The van der Waals surface area contributed by atoms with E-state index in [0.29, 0.717) is 11.4 Å². The van der Waals surface area contributed by atoms with E-state index >= 15 is 0 Å². The van der Waals surface area contributed by atoms with E-state index in [1.807, 2.05) is 4.90 Å². The van der Waals surface area contributed by atoms with Crippen LogP contribution in [-0.2, 0) is 0 Å². The van der Waals surface area contributed by atoms with Gasteiger partial charge < -0.3 is 15.3 Å². The zero-order chi connectivity index (χ0) is 21.7. The molecule has 156 valence electrons. The largest absolute Gasteiger partial charge is 0.478 e. The van der Waals surface area contributed by atoms with Gasteiger partial charge in [-0.25, -0.2) is 4.79 Å². The van der Waals surface area contributed by atoms with Crippen LogP contribution in [0.15, 0.2) is 42.5 Å². The maximum Gasteiger partial charge on any atom is 0.335 e. The summed E-state index contributed by atoms with van der Waals surface area (Å²) in [5, 5.41) is 25.5. The molecule has 1 aliphatic rings. The van der Waals surface area contributed by atoms with Gasteiger partial charge in [-0.15, -0.1) is 0 Å². The van der Waals surface area contributed by atoms with Crippen LogP contribution in [0.5, 0.6) is 0 Å². The fourth-order valence-corrected chi connectivity index (χ4v) is 3.47. The first kappa shape index (κ1) is 21.2. The number of nitro groups is 1. The van der Waals surface area contributed by atoms with E-state index in [-0.39, 0.29) is 21.9 Å². The molecular weight excluding hydrogens is 408 g/mol. The number of amides is 1. The maximum atomic E-state index is 12.9. The molecule has 10 heteroatoms. The minimum atomic E-state index is -1.05. The number of carbonyl (C=O) groups excluding carboxylic acids is 1. The van der Waals surface area contributed by atoms with Crippen LogP contribution in [0.2, 0.25) is 0 Å². The Bertz CT molecular complexity index is 987. The zero-order valence-corrected chi connectivity index (χ0v) is 16.8. The van der Waals surface area contributed by atoms with Gasteiger partial charge >= 0.3 is 5.97 Å². The van der Waals surface area contributed by atoms with Gasteiger partial charge in [-0.2, -0.15) is 0 Å². The van der Waals surface area contributed by atoms with E-state index in [9.17, 15) is 19.7 Å². The average molecular weight is 428 g/mol. The number of carbonyl (C=O) groups is 2. The zero-order valence-electron chi connectivity index (χ0n) is 16.0. The molecule has 30 heavy (non-hydrogen) atoms. The molecule has 0 atom stereocenters. The number of carboxylic acids is 1. The molecular formula is C20H20N4O5S. The summed E-state index contributed by atoms with van der Waals surface area (Å²) in [5.41, 5.74) is 1.26. The summed E-state index contributed by atoms with van der Waals surface area (Å²) in [7, 11) is 0. The Labute approximate surface area is 177 Å². The Balaban J connectivity index is 1.77. The molecule has 1 fully saturated rings. The van der Waals surface area contributed by atoms with Crippen molar-refractivity contribution in [3.05, 3.63) is 63.7 Å². The lowest BCUT2D eigenvalue weighted by Gasteiger charge is -2.30. The number of benzene rings is 2. The summed E-state index contributed by atoms with van der Waals surface area (Å²) in [6.07, 6.45) is 3.09. The van der Waals surface area contributed by atoms with Crippen LogP contribution in [-0.4, -0.2) is 40.1 Å². The fraction of sp³-hybridized carbons (Fsp3) is 0.250. The molecule has 9 nitrogen and oxygen atoms in total. The molecule has 0 radical (unpaired) electrons. The van der Waals surface area contributed by atoms with Gasteiger partial charge in [0, 0.05) is 30.9 Å². The van der Waals surface area contributed by atoms with Gasteiger partial charge in [-0.1, -0.05) is 0 Å². The van der Waals surface area contributed by atoms with Crippen LogP contribution in [0, 0.1) is 10.1 Å². The molecule has 1 amide bonds. The number of aromatic carboxylic acids is 1. The van der Waals surface area contributed by atoms with Gasteiger partial charge in [0.05, 0.1) is 21.7 Å². The molecule has 1 heterocycles. The van der Waals surface area contributed by atoms with Crippen molar-refractivity contribution >= 4 is 46.3 Å². The number of anilines is 2. The summed E-state index contributed by atoms with van der Waals surface area (Å²) in [6, 6.07) is 10.1. The standard InChI is InChI=1S/C20H20N4O5S/c25-18(22-20(30)21-14-6-4-13(5-7-14)19(26)27)16-12-15(24(28)29)8-9-17(16)23-10-2-1-3-11-23/h4-9,12H,1-3,10-11H2,(H,26,27)(H2,21,22,25,30). The van der Waals surface area contributed by atoms with Crippen molar-refractivity contribution in [3.8, 4) is 0 Å². The molecule has 1 saturated heterocycles. The summed E-state index contributed by atoms with van der Waals surface area (Å²) < 4.78 is 0. The molecule has 0 spiro atoms. The number of non-ortho nitro benzene ring substituents is 1. The quantitative estimate of drug-likeness (QED) is 0.376. The van der Waals surface area contributed by atoms with Gasteiger partial charge in [-0.3, -0.25) is 20.2 Å². The Morgan fingerprint density at radius 2 is 1.73 bits per heavy atom. The first-order valence-electron chi connectivity index (χ1n) is 9.34. The van der Waals surface area contributed by atoms with Gasteiger partial charge in [-0.05, 0) is 61.8 Å². The summed E-state index contributed by atoms with van der Waals surface area (Å²) in [5.74, 6) is -1.60. The van der Waals surface area contributed by atoms with Crippen LogP contribution < -0.4 is 15.5 Å². The predicted molar refractivity (Wildman–Crippen MR) is 116 cm³/mol. The first-order chi connectivity index (χ1) is 14.3. The van der Waals surface area contributed by atoms with Gasteiger partial charge in [0.15, 0.2) is 5.11 Å². The van der Waals surface area contributed by atoms with Crippen molar-refractivity contribution in [1.29, 1.82) is 0 Å². The summed E-state index contributed by atoms with van der Waals surface area (Å²) >= 11 is 5.17. The van der Waals surface area contributed by atoms with Crippen LogP contribution >= 0.6 is 12.2 Å². The predicted octanol–water partition coefficient (Wildman–Crippen LogP) is 3.41. The van der Waals surface area contributed by atoms with E-state index < -0.39 is 16.8 Å². The van der Waals surface area contributed by atoms with Crippen LogP contribution in [0.1, 0.15) is 40.0 Å². The average Bonchev–Trinajstić information content (AvgIpc) is 2.74. The summed E-state index contributed by atoms with van der Waals surface area (Å²) in [6.45, 7) is 1.55. The van der Waals surface area contributed by atoms with Crippen molar-refractivity contribution in [2.24, 2.45) is 0 Å². The number of nitrogens with one attached hydrogen (secondary N) is 2. The lowest BCUT2D eigenvalue weighted by molar-refractivity contribution is -0.384. The van der Waals surface area contributed by atoms with Crippen molar-refractivity contribution in [2.75, 3.05) is 23.3 Å². The van der Waals surface area contributed by atoms with Crippen molar-refractivity contribution in [3.63, 3.8) is 0 Å². The Morgan fingerprint density at radius 1 is 1.07 bits per heavy atom. The van der Waals surface area contributed by atoms with Crippen molar-refractivity contribution < 1.29 is 19.6 Å². The summed E-state index contributed by atoms with van der Waals surface area (Å²) in [4.78, 5) is 36.5. The highest BCUT2D eigenvalue weighted by Gasteiger charge is 2.22. The number of nitro benzene ring substituents is 1. The second kappa shape index (κ2) is 9.31. The second-order valence-electron chi connectivity index (χ2n) is 6.80. The number of thiocarbonyl (C=S) groups is 1. The minimum absolute atomic E-state index is 0.000764. The maximum absolute atomic E-state index is 12.9. The van der Waals surface area contributed by atoms with E-state index in [0.717, 1.165) is 32.4 Å². The molecule has 0 unspecified atom stereocenters. The second-order valence-corrected chi connectivity index (χ2v) is 7.21. The molecule has 0 aliphatic carbocycles. The highest BCUT2D eigenvalue weighted by Crippen LogP contribution is 2.28. The van der Waals surface area contributed by atoms with Crippen LogP contribution in [0.25, 0.3) is 0 Å². The molecule has 2 aromatic carbocycles. The fourth-order valence-electron chi connectivity index (χ4n) is 3.26. The van der Waals surface area contributed by atoms with E-state index in [2.05, 4.69) is 10.6 Å². The third-order valence-corrected chi connectivity index (χ3v) is 4.95. The third-order valence-electron chi connectivity index (χ3n) is 4.75. The van der Waals surface area contributed by atoms with Gasteiger partial charge in [0.2, 0.25) is 0 Å². The third kappa shape index (κ3) is 5.09. The molecule has 0 bridgehead atoms. The number of hydrogen-bond acceptors (Lipinski definition) is 6. The van der Waals surface area contributed by atoms with E-state index in [4.69, 9.17) is 17.3 Å². The highest BCUT2D eigenvalue weighted by atomic mass is 32.1. The van der Waals surface area contributed by atoms with Gasteiger partial charge in [0.1, 0.15) is 0 Å². The number of rotatable bonds is 5. The Morgan fingerprint density at radius 3 is 2.33 bits per heavy atom. The van der Waals surface area contributed by atoms with E-state index in [1.165, 1.54) is 36.4 Å². The van der Waals surface area contributed by atoms with Crippen LogP contribution in [0.4, 0.5) is 17.1 Å². The van der Waals surface area contributed by atoms with Gasteiger partial charge in [0.25, 0.3) is 11.6 Å². The van der Waals surface area contributed by atoms with Crippen molar-refractivity contribution in [2.45, 2.75) is 19.3 Å². The van der Waals surface area contributed by atoms with Crippen molar-refractivity contribution in [1.82, 2.24) is 5.32 Å². The normalized spacial score (nSPS) is 13.4. The minimum Gasteiger partial charge on any atom is -0.478 e. The smallest absolute Gasteiger partial charge is 0.335 e. The highest BCUT2D eigenvalue weighted by molar-refractivity contribution is 7.80. The number of hydrogen-bond donors (Lipinski definition) is 3. The lowest BCUT2D eigenvalue weighted by Crippen LogP contribution is -2.36. The molecule has 0 saturated carbocycles. The lowest BCUT2D eigenvalue weighted by atomic mass is 10.1. The molecule has 3 N–H and O–H groups in total. The number of piperidine rings is 1. The van der Waals surface area contributed by atoms with E-state index in [1.54, 1.807) is 6.07 Å². The Hall–Kier alpha value is -3.53. The Kier molecular flexibility index (Phi) is 6.58. The topological polar surface area (TPSA) is 125 Å². The molecule has 1 aliphatic heterocycles. The molecule has 2 aromatic rings.